The Morgan fingerprint density at radius 3 is 2.92 bits per heavy atom. The number of hydrogen-bond acceptors (Lipinski definition) is 5. The number of urea groups is 1. The summed E-state index contributed by atoms with van der Waals surface area (Å²) < 4.78 is 11.2. The predicted molar refractivity (Wildman–Crippen MR) is 87.4 cm³/mol. The van der Waals surface area contributed by atoms with Crippen LogP contribution in [0.15, 0.2) is 18.2 Å². The third kappa shape index (κ3) is 3.77. The topological polar surface area (TPSA) is 103 Å². The van der Waals surface area contributed by atoms with E-state index in [1.807, 2.05) is 0 Å². The van der Waals surface area contributed by atoms with Gasteiger partial charge >= 0.3 is 6.03 Å². The van der Waals surface area contributed by atoms with Crippen LogP contribution < -0.4 is 10.6 Å². The van der Waals surface area contributed by atoms with Crippen LogP contribution in [0.25, 0.3) is 0 Å². The van der Waals surface area contributed by atoms with E-state index in [1.54, 1.807) is 0 Å². The Morgan fingerprint density at radius 1 is 1.42 bits per heavy atom. The van der Waals surface area contributed by atoms with E-state index in [0.29, 0.717) is 31.9 Å². The largest absolute Gasteiger partial charge is 0.378 e. The molecule has 0 unspecified atom stereocenters. The molecule has 0 radical (unpaired) electrons. The minimum atomic E-state index is -0.541. The quantitative estimate of drug-likeness (QED) is 0.641. The number of hydrogen-bond donors (Lipinski definition) is 2. The number of nitrogens with zero attached hydrogens (tertiary/aromatic N) is 1. The normalized spacial score (nSPS) is 26.3. The van der Waals surface area contributed by atoms with Crippen molar-refractivity contribution in [3.8, 4) is 0 Å². The number of ether oxygens (including phenoxy) is 2. The van der Waals surface area contributed by atoms with E-state index in [4.69, 9.17) is 21.1 Å². The van der Waals surface area contributed by atoms with Gasteiger partial charge in [-0.1, -0.05) is 11.6 Å². The van der Waals surface area contributed by atoms with Gasteiger partial charge in [-0.15, -0.1) is 0 Å². The summed E-state index contributed by atoms with van der Waals surface area (Å²) >= 11 is 5.98. The van der Waals surface area contributed by atoms with Crippen LogP contribution in [0.2, 0.25) is 5.02 Å². The fraction of sp³-hybridized carbons (Fsp3) is 0.533. The molecule has 0 saturated carbocycles. The Bertz CT molecular complexity index is 648. The van der Waals surface area contributed by atoms with E-state index in [0.717, 1.165) is 12.8 Å². The molecule has 2 fully saturated rings. The molecule has 0 bridgehead atoms. The zero-order valence-electron chi connectivity index (χ0n) is 12.9. The molecule has 0 aromatic heterocycles. The molecule has 8 nitrogen and oxygen atoms in total. The van der Waals surface area contributed by atoms with Crippen molar-refractivity contribution in [1.82, 2.24) is 5.32 Å². The first-order valence-corrected chi connectivity index (χ1v) is 8.08. The van der Waals surface area contributed by atoms with Crippen molar-refractivity contribution in [2.75, 3.05) is 25.1 Å². The predicted octanol–water partition coefficient (Wildman–Crippen LogP) is 2.71. The highest BCUT2D eigenvalue weighted by Gasteiger charge is 2.41. The molecule has 1 aromatic carbocycles. The minimum absolute atomic E-state index is 0.0164. The molecule has 0 aliphatic carbocycles. The van der Waals surface area contributed by atoms with Crippen LogP contribution >= 0.6 is 11.6 Å². The van der Waals surface area contributed by atoms with Gasteiger partial charge in [0.2, 0.25) is 0 Å². The third-order valence-electron chi connectivity index (χ3n) is 4.31. The molecule has 2 amide bonds. The van der Waals surface area contributed by atoms with E-state index in [1.165, 1.54) is 18.2 Å². The molecule has 130 valence electrons. The Labute approximate surface area is 143 Å². The zero-order valence-corrected chi connectivity index (χ0v) is 13.7. The first kappa shape index (κ1) is 16.9. The summed E-state index contributed by atoms with van der Waals surface area (Å²) in [5, 5.41) is 16.3. The third-order valence-corrected chi connectivity index (χ3v) is 4.62. The number of halogens is 1. The highest BCUT2D eigenvalue weighted by atomic mass is 35.5. The van der Waals surface area contributed by atoms with Crippen LogP contribution in [0.4, 0.5) is 16.2 Å². The highest BCUT2D eigenvalue weighted by Crippen LogP contribution is 2.33. The average molecular weight is 356 g/mol. The molecule has 1 spiro atoms. The molecule has 3 rings (SSSR count). The van der Waals surface area contributed by atoms with Crippen LogP contribution in [-0.4, -0.2) is 42.4 Å². The monoisotopic (exact) mass is 355 g/mol. The smallest absolute Gasteiger partial charge is 0.319 e. The van der Waals surface area contributed by atoms with E-state index in [-0.39, 0.29) is 22.4 Å². The molecule has 2 atom stereocenters. The zero-order chi connectivity index (χ0) is 17.2. The lowest BCUT2D eigenvalue weighted by atomic mass is 9.90. The second kappa shape index (κ2) is 6.92. The Hall–Kier alpha value is -1.90. The minimum Gasteiger partial charge on any atom is -0.378 e. The number of rotatable bonds is 3. The number of non-ortho nitro benzene ring substituents is 1. The maximum absolute atomic E-state index is 12.2. The highest BCUT2D eigenvalue weighted by molar-refractivity contribution is 6.33. The number of nitrogens with one attached hydrogen (secondary N) is 2. The number of nitro groups is 1. The van der Waals surface area contributed by atoms with Gasteiger partial charge in [0.1, 0.15) is 0 Å². The van der Waals surface area contributed by atoms with Crippen molar-refractivity contribution in [1.29, 1.82) is 0 Å². The molecular weight excluding hydrogens is 338 g/mol. The Balaban J connectivity index is 1.58. The van der Waals surface area contributed by atoms with E-state index in [2.05, 4.69) is 10.6 Å². The Kier molecular flexibility index (Phi) is 4.88. The van der Waals surface area contributed by atoms with E-state index < -0.39 is 11.0 Å². The van der Waals surface area contributed by atoms with Crippen molar-refractivity contribution >= 4 is 29.0 Å². The van der Waals surface area contributed by atoms with Crippen LogP contribution in [0.5, 0.6) is 0 Å². The summed E-state index contributed by atoms with van der Waals surface area (Å²) in [5.41, 5.74) is -0.0920. The number of nitro benzene ring substituents is 1. The lowest BCUT2D eigenvalue weighted by Gasteiger charge is -2.37. The first-order chi connectivity index (χ1) is 11.5. The molecule has 1 aromatic rings. The number of benzene rings is 1. The summed E-state index contributed by atoms with van der Waals surface area (Å²) in [6.07, 6.45) is 2.26. The van der Waals surface area contributed by atoms with Crippen LogP contribution in [0.1, 0.15) is 19.3 Å². The Morgan fingerprint density at radius 2 is 2.25 bits per heavy atom. The first-order valence-electron chi connectivity index (χ1n) is 7.71. The van der Waals surface area contributed by atoms with Crippen molar-refractivity contribution in [3.05, 3.63) is 33.3 Å². The second-order valence-electron chi connectivity index (χ2n) is 6.04. The van der Waals surface area contributed by atoms with Crippen molar-refractivity contribution in [2.45, 2.75) is 30.9 Å². The lowest BCUT2D eigenvalue weighted by molar-refractivity contribution is -0.384. The van der Waals surface area contributed by atoms with Crippen molar-refractivity contribution in [3.63, 3.8) is 0 Å². The van der Waals surface area contributed by atoms with Crippen LogP contribution in [0, 0.1) is 10.1 Å². The maximum Gasteiger partial charge on any atom is 0.319 e. The molecule has 2 N–H and O–H groups in total. The van der Waals surface area contributed by atoms with E-state index >= 15 is 0 Å². The second-order valence-corrected chi connectivity index (χ2v) is 6.45. The summed E-state index contributed by atoms with van der Waals surface area (Å²) in [5.74, 6) is 0. The summed E-state index contributed by atoms with van der Waals surface area (Å²) in [6.45, 7) is 1.81. The van der Waals surface area contributed by atoms with Crippen molar-refractivity contribution in [2.24, 2.45) is 0 Å². The molecule has 24 heavy (non-hydrogen) atoms. The van der Waals surface area contributed by atoms with Crippen molar-refractivity contribution < 1.29 is 19.2 Å². The number of anilines is 1. The fourth-order valence-electron chi connectivity index (χ4n) is 3.08. The van der Waals surface area contributed by atoms with Gasteiger partial charge < -0.3 is 20.1 Å². The summed E-state index contributed by atoms with van der Waals surface area (Å²) in [7, 11) is 0. The molecular formula is C15H18ClN3O5. The van der Waals surface area contributed by atoms with Gasteiger partial charge in [0.05, 0.1) is 27.8 Å². The lowest BCUT2D eigenvalue weighted by Crippen LogP contribution is -2.49. The van der Waals surface area contributed by atoms with Crippen LogP contribution in [0.3, 0.4) is 0 Å². The SMILES string of the molecule is O=C(Nc1ccc([N+](=O)[O-])cc1Cl)N[C@@H]1CCO[C@@]2(CCOC2)C1. The molecule has 9 heteroatoms. The number of carbonyl (C=O) groups is 1. The van der Waals surface area contributed by atoms with Gasteiger partial charge in [0.15, 0.2) is 0 Å². The van der Waals surface area contributed by atoms with Gasteiger partial charge in [0, 0.05) is 37.8 Å². The molecule has 2 aliphatic rings. The van der Waals surface area contributed by atoms with Gasteiger partial charge in [-0.2, -0.15) is 0 Å². The summed E-state index contributed by atoms with van der Waals surface area (Å²) in [4.78, 5) is 22.3. The standard InChI is InChI=1S/C15H18ClN3O5/c16-12-7-11(19(21)22)1-2-13(12)18-14(20)17-10-3-5-24-15(8-10)4-6-23-9-15/h1-2,7,10H,3-6,8-9H2,(H2,17,18,20)/t10-,15+/m1/s1. The number of amides is 2. The molecule has 2 saturated heterocycles. The van der Waals surface area contributed by atoms with Gasteiger partial charge in [-0.3, -0.25) is 10.1 Å². The van der Waals surface area contributed by atoms with Gasteiger partial charge in [-0.05, 0) is 18.9 Å². The van der Waals surface area contributed by atoms with Gasteiger partial charge in [0.25, 0.3) is 5.69 Å². The van der Waals surface area contributed by atoms with E-state index in [9.17, 15) is 14.9 Å². The summed E-state index contributed by atoms with van der Waals surface area (Å²) in [6, 6.07) is 3.50. The molecule has 2 heterocycles. The number of carbonyl (C=O) groups excluding carboxylic acids is 1. The van der Waals surface area contributed by atoms with Gasteiger partial charge in [-0.25, -0.2) is 4.79 Å². The maximum atomic E-state index is 12.2. The van der Waals surface area contributed by atoms with Crippen LogP contribution in [-0.2, 0) is 9.47 Å². The average Bonchev–Trinajstić information content (AvgIpc) is 2.96. The molecule has 2 aliphatic heterocycles. The fourth-order valence-corrected chi connectivity index (χ4v) is 3.30.